The summed E-state index contributed by atoms with van der Waals surface area (Å²) in [5, 5.41) is 7.53. The summed E-state index contributed by atoms with van der Waals surface area (Å²) in [5.41, 5.74) is 0. The fourth-order valence-corrected chi connectivity index (χ4v) is 0.334. The van der Waals surface area contributed by atoms with Gasteiger partial charge in [-0.1, -0.05) is 0 Å². The quantitative estimate of drug-likeness (QED) is 0.703. The van der Waals surface area contributed by atoms with Crippen molar-refractivity contribution in [3.05, 3.63) is 0 Å². The molecule has 0 aliphatic heterocycles. The first-order valence-corrected chi connectivity index (χ1v) is 2.58. The second-order valence-electron chi connectivity index (χ2n) is 2.04. The van der Waals surface area contributed by atoms with Crippen molar-refractivity contribution in [1.82, 2.24) is 0 Å². The summed E-state index contributed by atoms with van der Waals surface area (Å²) in [6, 6.07) is 0. The third kappa shape index (κ3) is 1.84. The molecule has 0 aliphatic rings. The van der Waals surface area contributed by atoms with Gasteiger partial charge in [0.2, 0.25) is 0 Å². The van der Waals surface area contributed by atoms with Crippen molar-refractivity contribution in [3.8, 4) is 0 Å². The summed E-state index contributed by atoms with van der Waals surface area (Å²) in [6.07, 6.45) is -11.4. The molecule has 0 aliphatic carbocycles. The van der Waals surface area contributed by atoms with E-state index in [0.717, 1.165) is 0 Å². The molecule has 0 aromatic rings. The van der Waals surface area contributed by atoms with Crippen LogP contribution >= 0.6 is 0 Å². The van der Waals surface area contributed by atoms with Crippen LogP contribution in [0.3, 0.4) is 0 Å². The molecule has 1 atom stereocenters. The van der Waals surface area contributed by atoms with Crippen molar-refractivity contribution in [2.24, 2.45) is 0 Å². The van der Waals surface area contributed by atoms with E-state index in [9.17, 15) is 35.1 Å². The number of hydrogen-bond donors (Lipinski definition) is 1. The highest BCUT2D eigenvalue weighted by Crippen LogP contribution is 2.45. The Bertz CT molecular complexity index is 181. The molecule has 1 unspecified atom stereocenters. The Labute approximate surface area is 66.0 Å². The fraction of sp³-hybridized carbons (Fsp3) is 1.00. The van der Waals surface area contributed by atoms with Crippen LogP contribution in [0.5, 0.6) is 0 Å². The first kappa shape index (κ1) is 12.4. The zero-order valence-electron chi connectivity index (χ0n) is 5.55. The van der Waals surface area contributed by atoms with E-state index in [2.05, 4.69) is 0 Å². The van der Waals surface area contributed by atoms with Gasteiger partial charge in [-0.3, -0.25) is 0 Å². The number of halogens is 8. The first-order chi connectivity index (χ1) is 5.44. The molecule has 1 N–H and O–H groups in total. The highest BCUT2D eigenvalue weighted by molar-refractivity contribution is 4.92. The summed E-state index contributed by atoms with van der Waals surface area (Å²) in [7, 11) is 0. The molecule has 0 aromatic carbocycles. The minimum atomic E-state index is -6.48. The number of alkyl halides is 8. The van der Waals surface area contributed by atoms with E-state index in [-0.39, 0.29) is 0 Å². The highest BCUT2D eigenvalue weighted by atomic mass is 19.4. The summed E-state index contributed by atoms with van der Waals surface area (Å²) in [4.78, 5) is 0. The smallest absolute Gasteiger partial charge is 0.350 e. The lowest BCUT2D eigenvalue weighted by atomic mass is 10.1. The minimum Gasteiger partial charge on any atom is -0.350 e. The topological polar surface area (TPSA) is 20.2 Å². The molecule has 9 heteroatoms. The Morgan fingerprint density at radius 2 is 1.15 bits per heavy atom. The van der Waals surface area contributed by atoms with Gasteiger partial charge < -0.3 is 5.11 Å². The van der Waals surface area contributed by atoms with Gasteiger partial charge in [0.1, 0.15) is 0 Å². The third-order valence-electron chi connectivity index (χ3n) is 1.09. The summed E-state index contributed by atoms with van der Waals surface area (Å²) < 4.78 is 91.4. The van der Waals surface area contributed by atoms with E-state index in [1.807, 2.05) is 0 Å². The fourth-order valence-electron chi connectivity index (χ4n) is 0.334. The lowest BCUT2D eigenvalue weighted by Crippen LogP contribution is -2.58. The van der Waals surface area contributed by atoms with Crippen LogP contribution in [0, 0.1) is 0 Å². The monoisotopic (exact) mass is 218 g/mol. The maximum Gasteiger partial charge on any atom is 0.455 e. The van der Waals surface area contributed by atoms with Crippen molar-refractivity contribution in [2.75, 3.05) is 0 Å². The Kier molecular flexibility index (Phi) is 2.83. The van der Waals surface area contributed by atoms with Crippen LogP contribution in [0.25, 0.3) is 0 Å². The lowest BCUT2D eigenvalue weighted by Gasteiger charge is -2.29. The van der Waals surface area contributed by atoms with E-state index >= 15 is 0 Å². The van der Waals surface area contributed by atoms with E-state index in [0.29, 0.717) is 0 Å². The molecule has 0 bridgehead atoms. The predicted molar refractivity (Wildman–Crippen MR) is 23.1 cm³/mol. The van der Waals surface area contributed by atoms with Crippen LogP contribution in [0.15, 0.2) is 0 Å². The Morgan fingerprint density at radius 1 is 0.846 bits per heavy atom. The van der Waals surface area contributed by atoms with Crippen LogP contribution in [-0.2, 0) is 0 Å². The van der Waals surface area contributed by atoms with Crippen LogP contribution in [-0.4, -0.2) is 29.5 Å². The maximum atomic E-state index is 11.8. The molecular formula is C4H2F8O. The molecule has 0 heterocycles. The summed E-state index contributed by atoms with van der Waals surface area (Å²) in [6.45, 7) is 0. The van der Waals surface area contributed by atoms with E-state index in [4.69, 9.17) is 5.11 Å². The van der Waals surface area contributed by atoms with Gasteiger partial charge in [-0.05, 0) is 0 Å². The summed E-state index contributed by atoms with van der Waals surface area (Å²) >= 11 is 0. The van der Waals surface area contributed by atoms with Crippen LogP contribution in [0.2, 0.25) is 0 Å². The minimum absolute atomic E-state index is 4.95. The Hall–Kier alpha value is -0.600. The molecule has 1 nitrogen and oxygen atoms in total. The first-order valence-electron chi connectivity index (χ1n) is 2.58. The molecule has 0 amide bonds. The van der Waals surface area contributed by atoms with Crippen molar-refractivity contribution >= 4 is 0 Å². The zero-order chi connectivity index (χ0) is 11.1. The average molecular weight is 218 g/mol. The van der Waals surface area contributed by atoms with Gasteiger partial charge in [0, 0.05) is 0 Å². The molecule has 13 heavy (non-hydrogen) atoms. The standard InChI is InChI=1S/C4H2F8O/c5-1(6)2(7,8)3(9,13)4(10,11)12/h1,13H. The molecule has 0 saturated heterocycles. The number of hydrogen-bond acceptors (Lipinski definition) is 1. The average Bonchev–Trinajstić information content (AvgIpc) is 1.84. The molecule has 0 saturated carbocycles. The van der Waals surface area contributed by atoms with Crippen molar-refractivity contribution in [2.45, 2.75) is 24.4 Å². The maximum absolute atomic E-state index is 11.8. The van der Waals surface area contributed by atoms with Gasteiger partial charge in [0.15, 0.2) is 0 Å². The molecule has 0 spiro atoms. The third-order valence-corrected chi connectivity index (χ3v) is 1.09. The van der Waals surface area contributed by atoms with Gasteiger partial charge in [0.25, 0.3) is 0 Å². The van der Waals surface area contributed by atoms with Crippen LogP contribution in [0.4, 0.5) is 35.1 Å². The Morgan fingerprint density at radius 3 is 1.23 bits per heavy atom. The van der Waals surface area contributed by atoms with Crippen molar-refractivity contribution in [1.29, 1.82) is 0 Å². The van der Waals surface area contributed by atoms with E-state index in [1.165, 1.54) is 0 Å². The van der Waals surface area contributed by atoms with Crippen LogP contribution < -0.4 is 0 Å². The van der Waals surface area contributed by atoms with Gasteiger partial charge in [0.05, 0.1) is 0 Å². The normalized spacial score (nSPS) is 18.9. The Balaban J connectivity index is 5.04. The largest absolute Gasteiger partial charge is 0.455 e. The lowest BCUT2D eigenvalue weighted by molar-refractivity contribution is -0.403. The molecule has 0 aromatic heterocycles. The van der Waals surface area contributed by atoms with Gasteiger partial charge >= 0.3 is 24.4 Å². The summed E-state index contributed by atoms with van der Waals surface area (Å²) in [5.74, 6) is -12.4. The number of rotatable bonds is 2. The van der Waals surface area contributed by atoms with E-state index in [1.54, 1.807) is 0 Å². The molecule has 0 fully saturated rings. The number of aliphatic hydroxyl groups is 1. The van der Waals surface area contributed by atoms with Crippen molar-refractivity contribution < 1.29 is 40.2 Å². The molecule has 0 rings (SSSR count). The van der Waals surface area contributed by atoms with Crippen LogP contribution in [0.1, 0.15) is 0 Å². The van der Waals surface area contributed by atoms with E-state index < -0.39 is 24.4 Å². The zero-order valence-corrected chi connectivity index (χ0v) is 5.55. The molecule has 80 valence electrons. The van der Waals surface area contributed by atoms with Crippen molar-refractivity contribution in [3.63, 3.8) is 0 Å². The second kappa shape index (κ2) is 2.96. The van der Waals surface area contributed by atoms with Gasteiger partial charge in [-0.25, -0.2) is 8.78 Å². The second-order valence-corrected chi connectivity index (χ2v) is 2.04. The van der Waals surface area contributed by atoms with Gasteiger partial charge in [-0.15, -0.1) is 0 Å². The molecular weight excluding hydrogens is 216 g/mol. The predicted octanol–water partition coefficient (Wildman–Crippen LogP) is 2.11. The SMILES string of the molecule is OC(F)(C(F)(F)F)C(F)(F)C(F)F. The highest BCUT2D eigenvalue weighted by Gasteiger charge is 2.74. The molecule has 0 radical (unpaired) electrons. The van der Waals surface area contributed by atoms with Gasteiger partial charge in [-0.2, -0.15) is 26.3 Å².